The zero-order valence-corrected chi connectivity index (χ0v) is 14.3. The van der Waals surface area contributed by atoms with E-state index >= 15 is 0 Å². The molecule has 0 spiro atoms. The molecule has 1 aliphatic heterocycles. The molecule has 1 aliphatic rings. The van der Waals surface area contributed by atoms with Gasteiger partial charge in [0.15, 0.2) is 12.4 Å². The molecule has 0 bridgehead atoms. The highest BCUT2D eigenvalue weighted by molar-refractivity contribution is 5.69. The van der Waals surface area contributed by atoms with Crippen molar-refractivity contribution >= 4 is 5.97 Å². The first kappa shape index (κ1) is 21.1. The Bertz CT molecular complexity index is 374. The molecule has 1 heterocycles. The van der Waals surface area contributed by atoms with Crippen LogP contribution in [0.5, 0.6) is 0 Å². The molecular formula is C17H30O7. The molecule has 1 rings (SSSR count). The van der Waals surface area contributed by atoms with E-state index in [9.17, 15) is 20.1 Å². The summed E-state index contributed by atoms with van der Waals surface area (Å²) < 4.78 is 16.0. The second-order valence-electron chi connectivity index (χ2n) is 5.95. The van der Waals surface area contributed by atoms with Crippen molar-refractivity contribution in [3.05, 3.63) is 12.7 Å². The van der Waals surface area contributed by atoms with Gasteiger partial charge < -0.3 is 29.5 Å². The first-order valence-electron chi connectivity index (χ1n) is 8.59. The van der Waals surface area contributed by atoms with Crippen LogP contribution in [0.15, 0.2) is 12.7 Å². The maximum absolute atomic E-state index is 12.0. The summed E-state index contributed by atoms with van der Waals surface area (Å²) in [6.45, 7) is 5.28. The van der Waals surface area contributed by atoms with Crippen LogP contribution in [-0.4, -0.2) is 65.2 Å². The van der Waals surface area contributed by atoms with Gasteiger partial charge in [0.25, 0.3) is 0 Å². The normalized spacial score (nSPS) is 30.1. The summed E-state index contributed by atoms with van der Waals surface area (Å²) in [6.07, 6.45) is 0.741. The molecule has 0 aromatic heterocycles. The van der Waals surface area contributed by atoms with E-state index in [4.69, 9.17) is 14.2 Å². The number of aliphatic hydroxyl groups is 3. The number of unbranched alkanes of at least 4 members (excludes halogenated alkanes) is 4. The molecule has 0 amide bonds. The van der Waals surface area contributed by atoms with Crippen molar-refractivity contribution < 1.29 is 34.3 Å². The predicted octanol–water partition coefficient (Wildman–Crippen LogP) is 0.900. The lowest BCUT2D eigenvalue weighted by Gasteiger charge is -2.41. The Hall–Kier alpha value is -0.990. The van der Waals surface area contributed by atoms with E-state index in [1.54, 1.807) is 0 Å². The van der Waals surface area contributed by atoms with Gasteiger partial charge in [-0.3, -0.25) is 4.79 Å². The Kier molecular flexibility index (Phi) is 10.1. The number of aliphatic hydroxyl groups excluding tert-OH is 3. The molecule has 0 radical (unpaired) electrons. The molecule has 0 aromatic rings. The van der Waals surface area contributed by atoms with Crippen LogP contribution in [0.1, 0.15) is 45.4 Å². The molecule has 0 aliphatic carbocycles. The number of hydrogen-bond acceptors (Lipinski definition) is 7. The van der Waals surface area contributed by atoms with E-state index in [-0.39, 0.29) is 13.0 Å². The maximum atomic E-state index is 12.0. The molecule has 7 heteroatoms. The minimum Gasteiger partial charge on any atom is -0.454 e. The van der Waals surface area contributed by atoms with Crippen LogP contribution in [0.25, 0.3) is 0 Å². The summed E-state index contributed by atoms with van der Waals surface area (Å²) >= 11 is 0. The van der Waals surface area contributed by atoms with Gasteiger partial charge in [-0.15, -0.1) is 6.58 Å². The van der Waals surface area contributed by atoms with E-state index in [0.717, 1.165) is 25.7 Å². The number of ether oxygens (including phenoxy) is 3. The van der Waals surface area contributed by atoms with Gasteiger partial charge in [-0.1, -0.05) is 38.7 Å². The van der Waals surface area contributed by atoms with Gasteiger partial charge in [0, 0.05) is 6.42 Å². The zero-order chi connectivity index (χ0) is 17.9. The minimum atomic E-state index is -1.39. The Balaban J connectivity index is 2.56. The van der Waals surface area contributed by atoms with Crippen molar-refractivity contribution in [3.63, 3.8) is 0 Å². The molecule has 140 valence electrons. The van der Waals surface area contributed by atoms with Crippen molar-refractivity contribution in [2.24, 2.45) is 0 Å². The lowest BCUT2D eigenvalue weighted by atomic mass is 9.99. The number of esters is 1. The number of carbonyl (C=O) groups is 1. The first-order chi connectivity index (χ1) is 11.5. The van der Waals surface area contributed by atoms with Gasteiger partial charge in [-0.05, 0) is 6.42 Å². The highest BCUT2D eigenvalue weighted by Crippen LogP contribution is 2.25. The van der Waals surface area contributed by atoms with Crippen LogP contribution in [-0.2, 0) is 19.0 Å². The smallest absolute Gasteiger partial charge is 0.306 e. The molecule has 1 saturated heterocycles. The van der Waals surface area contributed by atoms with Crippen LogP contribution >= 0.6 is 0 Å². The zero-order valence-electron chi connectivity index (χ0n) is 14.3. The standard InChI is InChI=1S/C17H30O7/c1-3-5-6-7-8-9-13(19)24-16-15(21)14(20)12(11-18)23-17(16)22-10-4-2/h4,12,14-18,20-21H,2-3,5-11H2,1H3/t12-,14-,15+,16-,17?/m1/s1. The van der Waals surface area contributed by atoms with E-state index in [0.29, 0.717) is 6.42 Å². The van der Waals surface area contributed by atoms with Crippen LogP contribution in [0.4, 0.5) is 0 Å². The number of rotatable bonds is 11. The lowest BCUT2D eigenvalue weighted by molar-refractivity contribution is -0.301. The summed E-state index contributed by atoms with van der Waals surface area (Å²) in [7, 11) is 0. The first-order valence-corrected chi connectivity index (χ1v) is 8.59. The molecule has 1 fully saturated rings. The molecule has 0 saturated carbocycles. The molecule has 0 aromatic carbocycles. The van der Waals surface area contributed by atoms with Crippen molar-refractivity contribution in [1.29, 1.82) is 0 Å². The van der Waals surface area contributed by atoms with Gasteiger partial charge in [0.05, 0.1) is 13.2 Å². The predicted molar refractivity (Wildman–Crippen MR) is 87.2 cm³/mol. The third-order valence-electron chi connectivity index (χ3n) is 3.95. The summed E-state index contributed by atoms with van der Waals surface area (Å²) in [5.41, 5.74) is 0. The van der Waals surface area contributed by atoms with Crippen molar-refractivity contribution in [3.8, 4) is 0 Å². The molecule has 3 N–H and O–H groups in total. The van der Waals surface area contributed by atoms with Crippen LogP contribution < -0.4 is 0 Å². The van der Waals surface area contributed by atoms with Crippen LogP contribution in [0.3, 0.4) is 0 Å². The SMILES string of the molecule is C=CCOC1O[C@H](CO)[C@@H](O)[C@H](O)[C@H]1OC(=O)CCCCCCC. The molecule has 7 nitrogen and oxygen atoms in total. The van der Waals surface area contributed by atoms with Crippen LogP contribution in [0.2, 0.25) is 0 Å². The summed E-state index contributed by atoms with van der Waals surface area (Å²) in [5.74, 6) is -0.471. The summed E-state index contributed by atoms with van der Waals surface area (Å²) in [4.78, 5) is 12.0. The Morgan fingerprint density at radius 3 is 2.54 bits per heavy atom. The van der Waals surface area contributed by atoms with E-state index < -0.39 is 43.3 Å². The van der Waals surface area contributed by atoms with E-state index in [2.05, 4.69) is 13.5 Å². The molecule has 24 heavy (non-hydrogen) atoms. The molecule has 1 unspecified atom stereocenters. The van der Waals surface area contributed by atoms with Gasteiger partial charge in [0.2, 0.25) is 0 Å². The minimum absolute atomic E-state index is 0.122. The molecule has 5 atom stereocenters. The Labute approximate surface area is 143 Å². The van der Waals surface area contributed by atoms with Gasteiger partial charge in [-0.2, -0.15) is 0 Å². The average Bonchev–Trinajstić information content (AvgIpc) is 2.58. The third kappa shape index (κ3) is 6.49. The van der Waals surface area contributed by atoms with Crippen molar-refractivity contribution in [2.75, 3.05) is 13.2 Å². The van der Waals surface area contributed by atoms with Crippen LogP contribution in [0, 0.1) is 0 Å². The van der Waals surface area contributed by atoms with Crippen molar-refractivity contribution in [1.82, 2.24) is 0 Å². The fourth-order valence-electron chi connectivity index (χ4n) is 2.56. The largest absolute Gasteiger partial charge is 0.454 e. The van der Waals surface area contributed by atoms with Gasteiger partial charge in [0.1, 0.15) is 18.3 Å². The molecular weight excluding hydrogens is 316 g/mol. The topological polar surface area (TPSA) is 105 Å². The lowest BCUT2D eigenvalue weighted by Crippen LogP contribution is -2.60. The average molecular weight is 346 g/mol. The second-order valence-corrected chi connectivity index (χ2v) is 5.95. The number of hydrogen-bond donors (Lipinski definition) is 3. The highest BCUT2D eigenvalue weighted by atomic mass is 16.7. The Morgan fingerprint density at radius 1 is 1.21 bits per heavy atom. The quantitative estimate of drug-likeness (QED) is 0.290. The number of carbonyl (C=O) groups excluding carboxylic acids is 1. The monoisotopic (exact) mass is 346 g/mol. The summed E-state index contributed by atoms with van der Waals surface area (Å²) in [5, 5.41) is 29.3. The second kappa shape index (κ2) is 11.5. The fraction of sp³-hybridized carbons (Fsp3) is 0.824. The van der Waals surface area contributed by atoms with Gasteiger partial charge in [-0.25, -0.2) is 0 Å². The van der Waals surface area contributed by atoms with Crippen molar-refractivity contribution in [2.45, 2.75) is 76.2 Å². The highest BCUT2D eigenvalue weighted by Gasteiger charge is 2.47. The maximum Gasteiger partial charge on any atom is 0.306 e. The Morgan fingerprint density at radius 2 is 1.92 bits per heavy atom. The summed E-state index contributed by atoms with van der Waals surface area (Å²) in [6, 6.07) is 0. The van der Waals surface area contributed by atoms with E-state index in [1.807, 2.05) is 0 Å². The van der Waals surface area contributed by atoms with Gasteiger partial charge >= 0.3 is 5.97 Å². The third-order valence-corrected chi connectivity index (χ3v) is 3.95. The fourth-order valence-corrected chi connectivity index (χ4v) is 2.56. The van der Waals surface area contributed by atoms with E-state index in [1.165, 1.54) is 6.08 Å².